The summed E-state index contributed by atoms with van der Waals surface area (Å²) >= 11 is 0. The molecule has 1 N–H and O–H groups in total. The average molecular weight is 276 g/mol. The molecule has 108 valence electrons. The highest BCUT2D eigenvalue weighted by Crippen LogP contribution is 2.36. The number of fused-ring (bicyclic) bond motifs is 1. The van der Waals surface area contributed by atoms with Crippen LogP contribution in [-0.2, 0) is 9.53 Å². The van der Waals surface area contributed by atoms with Crippen LogP contribution in [0.5, 0.6) is 5.75 Å². The van der Waals surface area contributed by atoms with Gasteiger partial charge in [-0.1, -0.05) is 0 Å². The molecule has 0 saturated heterocycles. The molecule has 0 aromatic heterocycles. The number of rotatable bonds is 6. The van der Waals surface area contributed by atoms with Crippen LogP contribution in [0.4, 0.5) is 11.4 Å². The van der Waals surface area contributed by atoms with E-state index in [1.165, 1.54) is 12.8 Å². The van der Waals surface area contributed by atoms with Crippen LogP contribution in [-0.4, -0.2) is 38.8 Å². The molecule has 0 spiro atoms. The van der Waals surface area contributed by atoms with Crippen LogP contribution in [0.3, 0.4) is 0 Å². The van der Waals surface area contributed by atoms with Crippen LogP contribution >= 0.6 is 0 Å². The van der Waals surface area contributed by atoms with Gasteiger partial charge >= 0.3 is 0 Å². The fourth-order valence-corrected chi connectivity index (χ4v) is 2.37. The molecule has 1 fully saturated rings. The second-order valence-corrected chi connectivity index (χ2v) is 5.28. The summed E-state index contributed by atoms with van der Waals surface area (Å²) in [5, 5.41) is 3.45. The number of methoxy groups -OCH3 is 1. The topological polar surface area (TPSA) is 50.8 Å². The van der Waals surface area contributed by atoms with Gasteiger partial charge in [-0.3, -0.25) is 4.79 Å². The Bertz CT molecular complexity index is 500. The molecule has 0 atom stereocenters. The summed E-state index contributed by atoms with van der Waals surface area (Å²) in [6.45, 7) is 1.44. The van der Waals surface area contributed by atoms with E-state index >= 15 is 0 Å². The Hall–Kier alpha value is -1.75. The molecule has 20 heavy (non-hydrogen) atoms. The van der Waals surface area contributed by atoms with E-state index in [0.29, 0.717) is 19.2 Å². The zero-order chi connectivity index (χ0) is 13.9. The lowest BCUT2D eigenvalue weighted by Gasteiger charge is -2.30. The molecule has 1 aliphatic carbocycles. The van der Waals surface area contributed by atoms with E-state index in [0.717, 1.165) is 23.5 Å². The first-order valence-electron chi connectivity index (χ1n) is 7.10. The predicted molar refractivity (Wildman–Crippen MR) is 77.4 cm³/mol. The molecule has 2 aliphatic rings. The van der Waals surface area contributed by atoms with Gasteiger partial charge in [0, 0.05) is 32.0 Å². The van der Waals surface area contributed by atoms with Gasteiger partial charge in [0.25, 0.3) is 5.91 Å². The standard InChI is InChI=1S/C15H20N2O3/c1-19-8-2-7-17-13-9-12(16-11-3-4-11)5-6-14(13)20-10-15(17)18/h5-6,9,11,16H,2-4,7-8,10H2,1H3. The van der Waals surface area contributed by atoms with Gasteiger partial charge < -0.3 is 19.7 Å². The molecular formula is C15H20N2O3. The zero-order valence-electron chi connectivity index (χ0n) is 11.7. The molecule has 5 nitrogen and oxygen atoms in total. The Morgan fingerprint density at radius 3 is 3.05 bits per heavy atom. The number of hydrogen-bond donors (Lipinski definition) is 1. The summed E-state index contributed by atoms with van der Waals surface area (Å²) in [5.74, 6) is 0.792. The van der Waals surface area contributed by atoms with Gasteiger partial charge in [-0.05, 0) is 37.5 Å². The van der Waals surface area contributed by atoms with Crippen molar-refractivity contribution in [2.75, 3.05) is 37.1 Å². The minimum atomic E-state index is 0.0113. The summed E-state index contributed by atoms with van der Waals surface area (Å²) in [6, 6.07) is 6.56. The molecule has 0 unspecified atom stereocenters. The Balaban J connectivity index is 1.78. The molecule has 3 rings (SSSR count). The lowest BCUT2D eigenvalue weighted by Crippen LogP contribution is -2.39. The molecular weight excluding hydrogens is 256 g/mol. The van der Waals surface area contributed by atoms with Gasteiger partial charge in [0.1, 0.15) is 5.75 Å². The van der Waals surface area contributed by atoms with Crippen LogP contribution < -0.4 is 15.0 Å². The summed E-state index contributed by atoms with van der Waals surface area (Å²) in [6.07, 6.45) is 3.27. The van der Waals surface area contributed by atoms with Crippen molar-refractivity contribution in [3.05, 3.63) is 18.2 Å². The fourth-order valence-electron chi connectivity index (χ4n) is 2.37. The monoisotopic (exact) mass is 276 g/mol. The Kier molecular flexibility index (Phi) is 3.78. The first kappa shape index (κ1) is 13.2. The molecule has 5 heteroatoms. The molecule has 1 heterocycles. The van der Waals surface area contributed by atoms with E-state index in [1.807, 2.05) is 18.2 Å². The van der Waals surface area contributed by atoms with E-state index < -0.39 is 0 Å². The molecule has 0 radical (unpaired) electrons. The van der Waals surface area contributed by atoms with E-state index in [1.54, 1.807) is 12.0 Å². The smallest absolute Gasteiger partial charge is 0.265 e. The van der Waals surface area contributed by atoms with Gasteiger partial charge in [0.05, 0.1) is 5.69 Å². The highest BCUT2D eigenvalue weighted by molar-refractivity contribution is 5.98. The van der Waals surface area contributed by atoms with E-state index in [-0.39, 0.29) is 12.5 Å². The number of hydrogen-bond acceptors (Lipinski definition) is 4. The number of amides is 1. The van der Waals surface area contributed by atoms with Crippen LogP contribution in [0.1, 0.15) is 19.3 Å². The number of carbonyl (C=O) groups is 1. The van der Waals surface area contributed by atoms with E-state index in [2.05, 4.69) is 5.32 Å². The van der Waals surface area contributed by atoms with Crippen molar-refractivity contribution in [3.63, 3.8) is 0 Å². The molecule has 1 aromatic carbocycles. The number of carbonyl (C=O) groups excluding carboxylic acids is 1. The second kappa shape index (κ2) is 5.71. The van der Waals surface area contributed by atoms with Crippen molar-refractivity contribution in [1.82, 2.24) is 0 Å². The van der Waals surface area contributed by atoms with Gasteiger partial charge in [0.2, 0.25) is 0 Å². The van der Waals surface area contributed by atoms with Gasteiger partial charge in [-0.25, -0.2) is 0 Å². The predicted octanol–water partition coefficient (Wildman–Crippen LogP) is 2.02. The number of ether oxygens (including phenoxy) is 2. The number of nitrogens with zero attached hydrogens (tertiary/aromatic N) is 1. The fraction of sp³-hybridized carbons (Fsp3) is 0.533. The van der Waals surface area contributed by atoms with E-state index in [9.17, 15) is 4.79 Å². The highest BCUT2D eigenvalue weighted by atomic mass is 16.5. The van der Waals surface area contributed by atoms with Crippen LogP contribution in [0, 0.1) is 0 Å². The molecule has 1 aliphatic heterocycles. The number of anilines is 2. The Morgan fingerprint density at radius 1 is 1.45 bits per heavy atom. The van der Waals surface area contributed by atoms with Crippen molar-refractivity contribution >= 4 is 17.3 Å². The Labute approximate surface area is 118 Å². The van der Waals surface area contributed by atoms with Crippen molar-refractivity contribution in [2.24, 2.45) is 0 Å². The Morgan fingerprint density at radius 2 is 2.30 bits per heavy atom. The first-order valence-corrected chi connectivity index (χ1v) is 7.10. The number of benzene rings is 1. The summed E-state index contributed by atoms with van der Waals surface area (Å²) in [7, 11) is 1.67. The maximum absolute atomic E-state index is 12.0. The maximum Gasteiger partial charge on any atom is 0.265 e. The first-order chi connectivity index (χ1) is 9.78. The molecule has 1 amide bonds. The SMILES string of the molecule is COCCCN1C(=O)COc2ccc(NC3CC3)cc21. The van der Waals surface area contributed by atoms with Crippen LogP contribution in [0.25, 0.3) is 0 Å². The molecule has 1 aromatic rings. The third kappa shape index (κ3) is 2.88. The minimum Gasteiger partial charge on any atom is -0.482 e. The van der Waals surface area contributed by atoms with Crippen LogP contribution in [0.15, 0.2) is 18.2 Å². The maximum atomic E-state index is 12.0. The summed E-state index contributed by atoms with van der Waals surface area (Å²) in [4.78, 5) is 13.8. The second-order valence-electron chi connectivity index (χ2n) is 5.28. The molecule has 1 saturated carbocycles. The zero-order valence-corrected chi connectivity index (χ0v) is 11.7. The third-order valence-corrected chi connectivity index (χ3v) is 3.58. The lowest BCUT2D eigenvalue weighted by molar-refractivity contribution is -0.121. The summed E-state index contributed by atoms with van der Waals surface area (Å²) in [5.41, 5.74) is 1.92. The van der Waals surface area contributed by atoms with Crippen LogP contribution in [0.2, 0.25) is 0 Å². The van der Waals surface area contributed by atoms with Gasteiger partial charge in [-0.15, -0.1) is 0 Å². The van der Waals surface area contributed by atoms with Crippen molar-refractivity contribution in [2.45, 2.75) is 25.3 Å². The lowest BCUT2D eigenvalue weighted by atomic mass is 10.2. The van der Waals surface area contributed by atoms with Gasteiger partial charge in [-0.2, -0.15) is 0 Å². The van der Waals surface area contributed by atoms with Gasteiger partial charge in [0.15, 0.2) is 6.61 Å². The van der Waals surface area contributed by atoms with E-state index in [4.69, 9.17) is 9.47 Å². The van der Waals surface area contributed by atoms with Crippen molar-refractivity contribution in [1.29, 1.82) is 0 Å². The largest absolute Gasteiger partial charge is 0.482 e. The normalized spacial score (nSPS) is 17.6. The quantitative estimate of drug-likeness (QED) is 0.808. The average Bonchev–Trinajstić information content (AvgIpc) is 3.25. The van der Waals surface area contributed by atoms with Crippen molar-refractivity contribution in [3.8, 4) is 5.75 Å². The third-order valence-electron chi connectivity index (χ3n) is 3.58. The summed E-state index contributed by atoms with van der Waals surface area (Å²) < 4.78 is 10.6. The highest BCUT2D eigenvalue weighted by Gasteiger charge is 2.26. The number of nitrogens with one attached hydrogen (secondary N) is 1. The van der Waals surface area contributed by atoms with Crippen molar-refractivity contribution < 1.29 is 14.3 Å². The molecule has 0 bridgehead atoms. The minimum absolute atomic E-state index is 0.0113.